The molecule has 1 aromatic rings. The number of hydrogen-bond donors (Lipinski definition) is 1. The molecule has 0 radical (unpaired) electrons. The Bertz CT molecular complexity index is 451. The summed E-state index contributed by atoms with van der Waals surface area (Å²) in [4.78, 5) is 2.38. The summed E-state index contributed by atoms with van der Waals surface area (Å²) in [7, 11) is 0. The third-order valence-corrected chi connectivity index (χ3v) is 5.18. The van der Waals surface area contributed by atoms with Crippen molar-refractivity contribution in [2.45, 2.75) is 25.5 Å². The van der Waals surface area contributed by atoms with Crippen molar-refractivity contribution in [2.75, 3.05) is 13.1 Å². The first-order chi connectivity index (χ1) is 8.65. The van der Waals surface area contributed by atoms with Gasteiger partial charge in [-0.2, -0.15) is 0 Å². The van der Waals surface area contributed by atoms with Crippen molar-refractivity contribution in [2.24, 2.45) is 11.8 Å². The highest BCUT2D eigenvalue weighted by Crippen LogP contribution is 2.39. The molecule has 0 spiro atoms. The van der Waals surface area contributed by atoms with Crippen LogP contribution in [0.25, 0.3) is 0 Å². The van der Waals surface area contributed by atoms with Crippen LogP contribution in [0.3, 0.4) is 0 Å². The molecule has 0 aromatic heterocycles. The lowest BCUT2D eigenvalue weighted by Crippen LogP contribution is -2.24. The normalized spacial score (nSPS) is 31.8. The van der Waals surface area contributed by atoms with Gasteiger partial charge in [0.05, 0.1) is 16.1 Å². The van der Waals surface area contributed by atoms with Crippen molar-refractivity contribution in [3.63, 3.8) is 0 Å². The van der Waals surface area contributed by atoms with E-state index in [1.807, 2.05) is 18.2 Å². The second kappa shape index (κ2) is 5.01. The Balaban J connectivity index is 1.70. The van der Waals surface area contributed by atoms with E-state index in [1.165, 1.54) is 0 Å². The maximum atomic E-state index is 9.91. The van der Waals surface area contributed by atoms with Gasteiger partial charge in [0.1, 0.15) is 0 Å². The molecule has 18 heavy (non-hydrogen) atoms. The summed E-state index contributed by atoms with van der Waals surface area (Å²) >= 11 is 12.2. The Hall–Kier alpha value is -0.280. The molecule has 1 aromatic carbocycles. The molecule has 98 valence electrons. The van der Waals surface area contributed by atoms with Crippen LogP contribution in [0.4, 0.5) is 0 Å². The molecule has 1 aliphatic heterocycles. The van der Waals surface area contributed by atoms with Gasteiger partial charge in [-0.05, 0) is 30.4 Å². The predicted molar refractivity (Wildman–Crippen MR) is 74.0 cm³/mol. The maximum absolute atomic E-state index is 9.91. The molecule has 3 atom stereocenters. The molecule has 4 heteroatoms. The number of aliphatic hydroxyl groups is 1. The number of hydrogen-bond acceptors (Lipinski definition) is 2. The van der Waals surface area contributed by atoms with E-state index in [0.717, 1.165) is 38.0 Å². The molecule has 1 saturated heterocycles. The number of halogens is 2. The SMILES string of the molecule is OC1CCC2CN(Cc3cccc(Cl)c3Cl)CC12. The Morgan fingerprint density at radius 2 is 2.06 bits per heavy atom. The van der Waals surface area contributed by atoms with Crippen LogP contribution in [0.5, 0.6) is 0 Å². The van der Waals surface area contributed by atoms with Crippen LogP contribution < -0.4 is 0 Å². The van der Waals surface area contributed by atoms with Gasteiger partial charge in [-0.25, -0.2) is 0 Å². The van der Waals surface area contributed by atoms with Crippen molar-refractivity contribution >= 4 is 23.2 Å². The van der Waals surface area contributed by atoms with Crippen LogP contribution in [0, 0.1) is 11.8 Å². The largest absolute Gasteiger partial charge is 0.393 e. The van der Waals surface area contributed by atoms with E-state index < -0.39 is 0 Å². The van der Waals surface area contributed by atoms with Crippen molar-refractivity contribution in [1.29, 1.82) is 0 Å². The van der Waals surface area contributed by atoms with Gasteiger partial charge < -0.3 is 5.11 Å². The average molecular weight is 286 g/mol. The van der Waals surface area contributed by atoms with E-state index in [-0.39, 0.29) is 6.10 Å². The molecule has 0 bridgehead atoms. The number of nitrogens with zero attached hydrogens (tertiary/aromatic N) is 1. The van der Waals surface area contributed by atoms with Crippen LogP contribution in [-0.2, 0) is 6.54 Å². The first-order valence-electron chi connectivity index (χ1n) is 6.48. The molecule has 1 N–H and O–H groups in total. The minimum absolute atomic E-state index is 0.102. The third-order valence-electron chi connectivity index (χ3n) is 4.32. The van der Waals surface area contributed by atoms with Gasteiger partial charge in [-0.15, -0.1) is 0 Å². The standard InChI is InChI=1S/C14H17Cl2NO/c15-12-3-1-2-10(14(12)16)7-17-6-9-4-5-13(18)11(9)8-17/h1-3,9,11,13,18H,4-8H2. The minimum Gasteiger partial charge on any atom is -0.393 e. The molecule has 2 nitrogen and oxygen atoms in total. The number of rotatable bonds is 2. The van der Waals surface area contributed by atoms with Crippen molar-refractivity contribution in [1.82, 2.24) is 4.90 Å². The summed E-state index contributed by atoms with van der Waals surface area (Å²) in [6.07, 6.45) is 2.03. The second-order valence-electron chi connectivity index (χ2n) is 5.48. The molecule has 3 unspecified atom stereocenters. The molecular weight excluding hydrogens is 269 g/mol. The first-order valence-corrected chi connectivity index (χ1v) is 7.24. The number of fused-ring (bicyclic) bond motifs is 1. The second-order valence-corrected chi connectivity index (χ2v) is 6.26. The fraction of sp³-hybridized carbons (Fsp3) is 0.571. The highest BCUT2D eigenvalue weighted by molar-refractivity contribution is 6.42. The molecule has 0 amide bonds. The van der Waals surface area contributed by atoms with Gasteiger partial charge in [0.25, 0.3) is 0 Å². The summed E-state index contributed by atoms with van der Waals surface area (Å²) < 4.78 is 0. The zero-order valence-corrected chi connectivity index (χ0v) is 11.7. The number of likely N-dealkylation sites (tertiary alicyclic amines) is 1. The molecule has 1 aliphatic carbocycles. The number of benzene rings is 1. The summed E-state index contributed by atoms with van der Waals surface area (Å²) in [5.74, 6) is 1.13. The lowest BCUT2D eigenvalue weighted by molar-refractivity contribution is 0.123. The summed E-state index contributed by atoms with van der Waals surface area (Å²) in [6, 6.07) is 5.78. The Morgan fingerprint density at radius 3 is 2.83 bits per heavy atom. The van der Waals surface area contributed by atoms with Crippen LogP contribution in [0.1, 0.15) is 18.4 Å². The highest BCUT2D eigenvalue weighted by Gasteiger charge is 2.41. The third kappa shape index (κ3) is 2.27. The van der Waals surface area contributed by atoms with Gasteiger partial charge >= 0.3 is 0 Å². The molecular formula is C14H17Cl2NO. The van der Waals surface area contributed by atoms with Gasteiger partial charge in [0, 0.05) is 25.6 Å². The zero-order chi connectivity index (χ0) is 12.7. The van der Waals surface area contributed by atoms with E-state index in [2.05, 4.69) is 4.90 Å². The quantitative estimate of drug-likeness (QED) is 0.902. The summed E-state index contributed by atoms with van der Waals surface area (Å²) in [5, 5.41) is 11.2. The first kappa shape index (κ1) is 12.7. The van der Waals surface area contributed by atoms with Crippen LogP contribution in [0.15, 0.2) is 18.2 Å². The highest BCUT2D eigenvalue weighted by atomic mass is 35.5. The molecule has 1 heterocycles. The lowest BCUT2D eigenvalue weighted by atomic mass is 10.00. The smallest absolute Gasteiger partial charge is 0.0637 e. The lowest BCUT2D eigenvalue weighted by Gasteiger charge is -2.19. The number of aliphatic hydroxyl groups excluding tert-OH is 1. The molecule has 2 aliphatic rings. The molecule has 2 fully saturated rings. The van der Waals surface area contributed by atoms with E-state index in [1.54, 1.807) is 0 Å². The Labute approximate surface area is 117 Å². The molecule has 1 saturated carbocycles. The van der Waals surface area contributed by atoms with Crippen LogP contribution in [0.2, 0.25) is 10.0 Å². The van der Waals surface area contributed by atoms with Gasteiger partial charge in [-0.3, -0.25) is 4.90 Å². The predicted octanol–water partition coefficient (Wildman–Crippen LogP) is 3.20. The van der Waals surface area contributed by atoms with Crippen LogP contribution in [-0.4, -0.2) is 29.2 Å². The maximum Gasteiger partial charge on any atom is 0.0637 e. The van der Waals surface area contributed by atoms with Gasteiger partial charge in [0.15, 0.2) is 0 Å². The Morgan fingerprint density at radius 1 is 1.22 bits per heavy atom. The average Bonchev–Trinajstić information content (AvgIpc) is 2.88. The van der Waals surface area contributed by atoms with Crippen molar-refractivity contribution in [3.8, 4) is 0 Å². The van der Waals surface area contributed by atoms with Gasteiger partial charge in [0.2, 0.25) is 0 Å². The van der Waals surface area contributed by atoms with Gasteiger partial charge in [-0.1, -0.05) is 35.3 Å². The fourth-order valence-electron chi connectivity index (χ4n) is 3.37. The Kier molecular flexibility index (Phi) is 3.55. The van der Waals surface area contributed by atoms with E-state index in [0.29, 0.717) is 21.9 Å². The molecule has 3 rings (SSSR count). The topological polar surface area (TPSA) is 23.5 Å². The summed E-state index contributed by atoms with van der Waals surface area (Å²) in [6.45, 7) is 2.89. The fourth-order valence-corrected chi connectivity index (χ4v) is 3.75. The van der Waals surface area contributed by atoms with Crippen molar-refractivity contribution in [3.05, 3.63) is 33.8 Å². The zero-order valence-electron chi connectivity index (χ0n) is 10.1. The van der Waals surface area contributed by atoms with Crippen LogP contribution >= 0.6 is 23.2 Å². The summed E-state index contributed by atoms with van der Waals surface area (Å²) in [5.41, 5.74) is 1.08. The van der Waals surface area contributed by atoms with E-state index in [4.69, 9.17) is 23.2 Å². The van der Waals surface area contributed by atoms with E-state index >= 15 is 0 Å². The monoisotopic (exact) mass is 285 g/mol. The minimum atomic E-state index is -0.102. The van der Waals surface area contributed by atoms with Crippen molar-refractivity contribution < 1.29 is 5.11 Å². The van der Waals surface area contributed by atoms with E-state index in [9.17, 15) is 5.11 Å².